The molecule has 2 unspecified atom stereocenters. The zero-order chi connectivity index (χ0) is 15.9. The number of ketones is 1. The van der Waals surface area contributed by atoms with Crippen LogP contribution in [0.5, 0.6) is 5.75 Å². The van der Waals surface area contributed by atoms with Crippen molar-refractivity contribution < 1.29 is 14.6 Å². The number of carbonyl (C=O) groups excluding carboxylic acids is 1. The van der Waals surface area contributed by atoms with E-state index in [-0.39, 0.29) is 12.4 Å². The molecule has 2 atom stereocenters. The summed E-state index contributed by atoms with van der Waals surface area (Å²) < 4.78 is 5.55. The van der Waals surface area contributed by atoms with Crippen LogP contribution in [-0.4, -0.2) is 29.4 Å². The zero-order valence-corrected chi connectivity index (χ0v) is 14.3. The first kappa shape index (κ1) is 17.1. The molecule has 5 heteroatoms. The number of aliphatic hydroxyl groups is 1. The van der Waals surface area contributed by atoms with Gasteiger partial charge in [0.2, 0.25) is 0 Å². The summed E-state index contributed by atoms with van der Waals surface area (Å²) in [4.78, 5) is 12.5. The second-order valence-corrected chi connectivity index (χ2v) is 7.39. The van der Waals surface area contributed by atoms with Crippen molar-refractivity contribution in [1.82, 2.24) is 0 Å². The van der Waals surface area contributed by atoms with Crippen LogP contribution in [0.1, 0.15) is 34.3 Å². The first-order chi connectivity index (χ1) is 10.6. The Bertz CT molecular complexity index is 578. The molecule has 0 saturated heterocycles. The fraction of sp³-hybridized carbons (Fsp3) is 0.353. The van der Waals surface area contributed by atoms with Gasteiger partial charge in [0.05, 0.1) is 6.10 Å². The number of aliphatic hydroxyl groups excluding tert-OH is 1. The zero-order valence-electron chi connectivity index (χ0n) is 12.7. The molecule has 1 aromatic carbocycles. The summed E-state index contributed by atoms with van der Waals surface area (Å²) in [5.74, 6) is 1.33. The fourth-order valence-electron chi connectivity index (χ4n) is 1.89. The van der Waals surface area contributed by atoms with E-state index in [9.17, 15) is 9.90 Å². The highest BCUT2D eigenvalue weighted by Gasteiger charge is 2.11. The molecular formula is C17H20O3S2. The Kier molecular flexibility index (Phi) is 6.49. The van der Waals surface area contributed by atoms with E-state index in [1.54, 1.807) is 47.4 Å². The van der Waals surface area contributed by atoms with Gasteiger partial charge in [-0.15, -0.1) is 11.3 Å². The molecule has 0 aliphatic rings. The van der Waals surface area contributed by atoms with Gasteiger partial charge in [-0.2, -0.15) is 11.8 Å². The lowest BCUT2D eigenvalue weighted by molar-refractivity contribution is 0.101. The molecule has 0 aliphatic carbocycles. The lowest BCUT2D eigenvalue weighted by Gasteiger charge is -2.15. The average molecular weight is 336 g/mol. The maximum atomic E-state index is 11.2. The van der Waals surface area contributed by atoms with Crippen molar-refractivity contribution in [3.63, 3.8) is 0 Å². The third kappa shape index (κ3) is 5.16. The molecule has 118 valence electrons. The van der Waals surface area contributed by atoms with Crippen LogP contribution < -0.4 is 4.74 Å². The van der Waals surface area contributed by atoms with E-state index in [2.05, 4.69) is 18.4 Å². The lowest BCUT2D eigenvalue weighted by atomic mass is 10.1. The van der Waals surface area contributed by atoms with E-state index in [1.807, 2.05) is 6.07 Å². The van der Waals surface area contributed by atoms with Gasteiger partial charge in [-0.25, -0.2) is 0 Å². The Labute approximate surface area is 139 Å². The minimum absolute atomic E-state index is 0.0329. The molecule has 0 fully saturated rings. The first-order valence-electron chi connectivity index (χ1n) is 7.13. The smallest absolute Gasteiger partial charge is 0.159 e. The Hall–Kier alpha value is -1.30. The molecule has 2 aromatic rings. The average Bonchev–Trinajstić information content (AvgIpc) is 3.05. The van der Waals surface area contributed by atoms with Crippen molar-refractivity contribution >= 4 is 28.9 Å². The maximum absolute atomic E-state index is 11.2. The second kappa shape index (κ2) is 8.36. The van der Waals surface area contributed by atoms with Crippen molar-refractivity contribution in [3.8, 4) is 5.75 Å². The van der Waals surface area contributed by atoms with E-state index in [1.165, 1.54) is 11.8 Å². The van der Waals surface area contributed by atoms with E-state index in [0.29, 0.717) is 22.3 Å². The number of carbonyl (C=O) groups is 1. The third-order valence-electron chi connectivity index (χ3n) is 3.19. The van der Waals surface area contributed by atoms with Crippen LogP contribution >= 0.6 is 23.1 Å². The SMILES string of the molecule is CC(=O)c1ccc(OCC(O)CSC(C)c2cccs2)cc1. The number of hydrogen-bond acceptors (Lipinski definition) is 5. The summed E-state index contributed by atoms with van der Waals surface area (Å²) in [7, 11) is 0. The number of Topliss-reactive ketones (excluding diaryl/α,β-unsaturated/α-hetero) is 1. The largest absolute Gasteiger partial charge is 0.491 e. The predicted molar refractivity (Wildman–Crippen MR) is 93.1 cm³/mol. The minimum atomic E-state index is -0.514. The Morgan fingerprint density at radius 3 is 2.64 bits per heavy atom. The number of thiophene rings is 1. The molecular weight excluding hydrogens is 316 g/mol. The maximum Gasteiger partial charge on any atom is 0.159 e. The summed E-state index contributed by atoms with van der Waals surface area (Å²) in [6.45, 7) is 3.93. The first-order valence-corrected chi connectivity index (χ1v) is 9.06. The van der Waals surface area contributed by atoms with Gasteiger partial charge in [0.1, 0.15) is 12.4 Å². The summed E-state index contributed by atoms with van der Waals surface area (Å²) in [6.07, 6.45) is -0.514. The van der Waals surface area contributed by atoms with Crippen molar-refractivity contribution in [2.45, 2.75) is 25.2 Å². The molecule has 22 heavy (non-hydrogen) atoms. The summed E-state index contributed by atoms with van der Waals surface area (Å²) in [5, 5.41) is 12.4. The quantitative estimate of drug-likeness (QED) is 0.735. The topological polar surface area (TPSA) is 46.5 Å². The van der Waals surface area contributed by atoms with Crippen LogP contribution in [0.15, 0.2) is 41.8 Å². The van der Waals surface area contributed by atoms with Gasteiger partial charge in [0, 0.05) is 21.4 Å². The standard InChI is InChI=1S/C17H20O3S2/c1-12(18)14-5-7-16(8-6-14)20-10-15(19)11-22-13(2)17-4-3-9-21-17/h3-9,13,15,19H,10-11H2,1-2H3. The van der Waals surface area contributed by atoms with E-state index in [0.717, 1.165) is 0 Å². The molecule has 0 bridgehead atoms. The monoisotopic (exact) mass is 336 g/mol. The van der Waals surface area contributed by atoms with Crippen LogP contribution in [0.3, 0.4) is 0 Å². The summed E-state index contributed by atoms with van der Waals surface area (Å²) in [6, 6.07) is 11.1. The molecule has 1 aromatic heterocycles. The van der Waals surface area contributed by atoms with Gasteiger partial charge in [-0.3, -0.25) is 4.79 Å². The normalized spacial score (nSPS) is 13.6. The molecule has 0 spiro atoms. The van der Waals surface area contributed by atoms with Gasteiger partial charge in [0.25, 0.3) is 0 Å². The molecule has 0 aliphatic heterocycles. The van der Waals surface area contributed by atoms with Crippen molar-refractivity contribution in [3.05, 3.63) is 52.2 Å². The van der Waals surface area contributed by atoms with Crippen LogP contribution in [0.4, 0.5) is 0 Å². The molecule has 1 N–H and O–H groups in total. The van der Waals surface area contributed by atoms with Gasteiger partial charge < -0.3 is 9.84 Å². The van der Waals surface area contributed by atoms with E-state index in [4.69, 9.17) is 4.74 Å². The molecule has 0 amide bonds. The lowest BCUT2D eigenvalue weighted by Crippen LogP contribution is -2.20. The highest BCUT2D eigenvalue weighted by molar-refractivity contribution is 7.99. The third-order valence-corrected chi connectivity index (χ3v) is 5.72. The minimum Gasteiger partial charge on any atom is -0.491 e. The molecule has 3 nitrogen and oxygen atoms in total. The highest BCUT2D eigenvalue weighted by Crippen LogP contribution is 2.31. The summed E-state index contributed by atoms with van der Waals surface area (Å²) in [5.41, 5.74) is 0.660. The number of thioether (sulfide) groups is 1. The van der Waals surface area contributed by atoms with Crippen molar-refractivity contribution in [2.24, 2.45) is 0 Å². The molecule has 0 radical (unpaired) electrons. The Morgan fingerprint density at radius 1 is 1.32 bits per heavy atom. The van der Waals surface area contributed by atoms with Gasteiger partial charge in [-0.1, -0.05) is 6.07 Å². The van der Waals surface area contributed by atoms with E-state index >= 15 is 0 Å². The Morgan fingerprint density at radius 2 is 2.05 bits per heavy atom. The number of benzene rings is 1. The number of hydrogen-bond donors (Lipinski definition) is 1. The second-order valence-electron chi connectivity index (χ2n) is 5.04. The highest BCUT2D eigenvalue weighted by atomic mass is 32.2. The van der Waals surface area contributed by atoms with Gasteiger partial charge in [-0.05, 0) is 49.6 Å². The van der Waals surface area contributed by atoms with Crippen LogP contribution in [0.25, 0.3) is 0 Å². The Balaban J connectivity index is 1.73. The molecule has 2 rings (SSSR count). The predicted octanol–water partition coefficient (Wildman–Crippen LogP) is 4.18. The van der Waals surface area contributed by atoms with Gasteiger partial charge >= 0.3 is 0 Å². The summed E-state index contributed by atoms with van der Waals surface area (Å²) >= 11 is 3.45. The van der Waals surface area contributed by atoms with Crippen LogP contribution in [-0.2, 0) is 0 Å². The van der Waals surface area contributed by atoms with Crippen LogP contribution in [0, 0.1) is 0 Å². The molecule has 0 saturated carbocycles. The number of rotatable bonds is 8. The fourth-order valence-corrected chi connectivity index (χ4v) is 3.77. The number of ether oxygens (including phenoxy) is 1. The van der Waals surface area contributed by atoms with Gasteiger partial charge in [0.15, 0.2) is 5.78 Å². The van der Waals surface area contributed by atoms with Crippen molar-refractivity contribution in [1.29, 1.82) is 0 Å². The van der Waals surface area contributed by atoms with Crippen LogP contribution in [0.2, 0.25) is 0 Å². The molecule has 1 heterocycles. The van der Waals surface area contributed by atoms with Crippen molar-refractivity contribution in [2.75, 3.05) is 12.4 Å². The van der Waals surface area contributed by atoms with E-state index < -0.39 is 6.10 Å².